The van der Waals surface area contributed by atoms with Gasteiger partial charge in [-0.1, -0.05) is 29.8 Å². The minimum absolute atomic E-state index is 0.0746. The molecule has 6 heteroatoms. The molecule has 0 aliphatic carbocycles. The number of nitrogens with zero attached hydrogens (tertiary/aromatic N) is 3. The molecule has 6 nitrogen and oxygen atoms in total. The van der Waals surface area contributed by atoms with Gasteiger partial charge in [0.15, 0.2) is 0 Å². The van der Waals surface area contributed by atoms with Gasteiger partial charge in [-0.15, -0.1) is 0 Å². The third-order valence-corrected chi connectivity index (χ3v) is 5.26. The van der Waals surface area contributed by atoms with E-state index in [4.69, 9.17) is 0 Å². The third kappa shape index (κ3) is 3.48. The summed E-state index contributed by atoms with van der Waals surface area (Å²) in [6, 6.07) is 12.1. The number of hydrogen-bond donors (Lipinski definition) is 1. The van der Waals surface area contributed by atoms with Crippen LogP contribution in [0.1, 0.15) is 33.9 Å². The first-order valence-electron chi connectivity index (χ1n) is 9.62. The van der Waals surface area contributed by atoms with Crippen molar-refractivity contribution >= 4 is 17.4 Å². The first kappa shape index (κ1) is 19.5. The highest BCUT2D eigenvalue weighted by molar-refractivity contribution is 6.46. The summed E-state index contributed by atoms with van der Waals surface area (Å²) in [5.41, 5.74) is 3.84. The molecule has 1 aliphatic heterocycles. The van der Waals surface area contributed by atoms with Crippen molar-refractivity contribution in [1.29, 1.82) is 0 Å². The van der Waals surface area contributed by atoms with E-state index in [1.807, 2.05) is 38.1 Å². The zero-order valence-corrected chi connectivity index (χ0v) is 16.7. The van der Waals surface area contributed by atoms with Crippen LogP contribution in [0.15, 0.2) is 72.8 Å². The molecule has 3 aromatic rings. The quantitative estimate of drug-likeness (QED) is 0.411. The first-order chi connectivity index (χ1) is 14.5. The van der Waals surface area contributed by atoms with Gasteiger partial charge in [-0.25, -0.2) is 0 Å². The van der Waals surface area contributed by atoms with E-state index in [0.717, 1.165) is 16.7 Å². The van der Waals surface area contributed by atoms with Gasteiger partial charge in [0.05, 0.1) is 11.6 Å². The molecule has 3 heterocycles. The van der Waals surface area contributed by atoms with E-state index in [-0.39, 0.29) is 17.9 Å². The van der Waals surface area contributed by atoms with Crippen LogP contribution in [0.25, 0.3) is 5.76 Å². The molecule has 150 valence electrons. The number of likely N-dealkylation sites (tertiary alicyclic amines) is 1. The Hall–Kier alpha value is -3.80. The van der Waals surface area contributed by atoms with Crippen LogP contribution >= 0.6 is 0 Å². The van der Waals surface area contributed by atoms with Crippen molar-refractivity contribution in [2.45, 2.75) is 26.4 Å². The summed E-state index contributed by atoms with van der Waals surface area (Å²) in [6.07, 6.45) is 6.55. The maximum absolute atomic E-state index is 13.1. The Bertz CT molecular complexity index is 1140. The Labute approximate surface area is 174 Å². The van der Waals surface area contributed by atoms with Crippen molar-refractivity contribution in [3.8, 4) is 0 Å². The van der Waals surface area contributed by atoms with Gasteiger partial charge >= 0.3 is 0 Å². The summed E-state index contributed by atoms with van der Waals surface area (Å²) >= 11 is 0. The molecule has 0 bridgehead atoms. The molecule has 1 aromatic carbocycles. The molecule has 1 fully saturated rings. The van der Waals surface area contributed by atoms with E-state index in [0.29, 0.717) is 11.1 Å². The van der Waals surface area contributed by atoms with E-state index in [9.17, 15) is 14.7 Å². The molecule has 1 saturated heterocycles. The van der Waals surface area contributed by atoms with Crippen LogP contribution in [-0.4, -0.2) is 31.7 Å². The predicted molar refractivity (Wildman–Crippen MR) is 112 cm³/mol. The summed E-state index contributed by atoms with van der Waals surface area (Å²) in [5, 5.41) is 11.2. The molecule has 0 radical (unpaired) electrons. The molecule has 1 aliphatic rings. The number of rotatable bonds is 4. The Balaban J connectivity index is 1.89. The van der Waals surface area contributed by atoms with E-state index >= 15 is 0 Å². The monoisotopic (exact) mass is 399 g/mol. The number of aliphatic hydroxyl groups excluding tert-OH is 1. The minimum atomic E-state index is -0.737. The molecule has 1 N–H and O–H groups in total. The van der Waals surface area contributed by atoms with Gasteiger partial charge < -0.3 is 10.0 Å². The zero-order chi connectivity index (χ0) is 21.3. The highest BCUT2D eigenvalue weighted by Crippen LogP contribution is 2.40. The lowest BCUT2D eigenvalue weighted by atomic mass is 9.94. The first-order valence-corrected chi connectivity index (χ1v) is 9.62. The van der Waals surface area contributed by atoms with E-state index in [2.05, 4.69) is 9.97 Å². The highest BCUT2D eigenvalue weighted by Gasteiger charge is 2.46. The Kier molecular flexibility index (Phi) is 5.14. The van der Waals surface area contributed by atoms with Gasteiger partial charge in [-0.2, -0.15) is 0 Å². The second kappa shape index (κ2) is 7.91. The average Bonchev–Trinajstić information content (AvgIpc) is 3.01. The fourth-order valence-electron chi connectivity index (χ4n) is 3.75. The number of carbonyl (C=O) groups is 2. The number of aromatic nitrogens is 2. The van der Waals surface area contributed by atoms with Crippen molar-refractivity contribution in [1.82, 2.24) is 14.9 Å². The van der Waals surface area contributed by atoms with Gasteiger partial charge in [0.2, 0.25) is 0 Å². The lowest BCUT2D eigenvalue weighted by Crippen LogP contribution is -2.29. The van der Waals surface area contributed by atoms with Crippen LogP contribution in [0.3, 0.4) is 0 Å². The van der Waals surface area contributed by atoms with Crippen LogP contribution in [-0.2, 0) is 16.1 Å². The second-order valence-electron chi connectivity index (χ2n) is 7.39. The van der Waals surface area contributed by atoms with E-state index in [1.54, 1.807) is 43.0 Å². The Morgan fingerprint density at radius 1 is 1.03 bits per heavy atom. The van der Waals surface area contributed by atoms with Crippen molar-refractivity contribution in [2.24, 2.45) is 0 Å². The van der Waals surface area contributed by atoms with Crippen LogP contribution in [0.5, 0.6) is 0 Å². The van der Waals surface area contributed by atoms with Crippen molar-refractivity contribution in [3.63, 3.8) is 0 Å². The van der Waals surface area contributed by atoms with Gasteiger partial charge in [-0.3, -0.25) is 19.6 Å². The topological polar surface area (TPSA) is 83.4 Å². The number of amides is 1. The summed E-state index contributed by atoms with van der Waals surface area (Å²) in [7, 11) is 0. The van der Waals surface area contributed by atoms with Gasteiger partial charge in [-0.05, 0) is 48.7 Å². The molecular weight excluding hydrogens is 378 g/mol. The van der Waals surface area contributed by atoms with Crippen LogP contribution in [0.4, 0.5) is 0 Å². The van der Waals surface area contributed by atoms with Crippen LogP contribution in [0, 0.1) is 13.8 Å². The van der Waals surface area contributed by atoms with Crippen molar-refractivity contribution < 1.29 is 14.7 Å². The van der Waals surface area contributed by atoms with E-state index in [1.165, 1.54) is 4.90 Å². The summed E-state index contributed by atoms with van der Waals surface area (Å²) in [6.45, 7) is 3.97. The maximum atomic E-state index is 13.1. The smallest absolute Gasteiger partial charge is 0.295 e. The Morgan fingerprint density at radius 3 is 2.43 bits per heavy atom. The zero-order valence-electron chi connectivity index (χ0n) is 16.7. The number of pyridine rings is 2. The third-order valence-electron chi connectivity index (χ3n) is 5.26. The second-order valence-corrected chi connectivity index (χ2v) is 7.39. The number of aliphatic hydroxyl groups is 1. The lowest BCUT2D eigenvalue weighted by molar-refractivity contribution is -0.140. The summed E-state index contributed by atoms with van der Waals surface area (Å²) in [5.74, 6) is -1.53. The van der Waals surface area contributed by atoms with Crippen LogP contribution < -0.4 is 0 Å². The van der Waals surface area contributed by atoms with Gasteiger partial charge in [0.25, 0.3) is 11.7 Å². The molecule has 1 atom stereocenters. The molecule has 2 aromatic heterocycles. The van der Waals surface area contributed by atoms with Gasteiger partial charge in [0, 0.05) is 36.9 Å². The molecule has 4 rings (SSSR count). The number of hydrogen-bond acceptors (Lipinski definition) is 5. The number of ketones is 1. The fraction of sp³-hybridized carbons (Fsp3) is 0.167. The number of benzene rings is 1. The minimum Gasteiger partial charge on any atom is -0.507 e. The van der Waals surface area contributed by atoms with Gasteiger partial charge in [0.1, 0.15) is 5.76 Å². The summed E-state index contributed by atoms with van der Waals surface area (Å²) in [4.78, 5) is 35.8. The van der Waals surface area contributed by atoms with E-state index < -0.39 is 17.7 Å². The molecule has 0 saturated carbocycles. The standard InChI is InChI=1S/C24H21N3O3/c1-15-7-8-16(2)19(11-15)22(28)20-21(18-6-4-10-26-13-18)27(24(30)23(20)29)14-17-5-3-9-25-12-17/h3-13,21,28H,14H2,1-2H3/t21-/m0/s1. The molecule has 0 unspecified atom stereocenters. The van der Waals surface area contributed by atoms with Crippen molar-refractivity contribution in [3.05, 3.63) is 101 Å². The number of aryl methyl sites for hydroxylation is 2. The fourth-order valence-corrected chi connectivity index (χ4v) is 3.75. The largest absolute Gasteiger partial charge is 0.507 e. The molecular formula is C24H21N3O3. The molecule has 1 amide bonds. The molecule has 30 heavy (non-hydrogen) atoms. The number of carbonyl (C=O) groups excluding carboxylic acids is 2. The van der Waals surface area contributed by atoms with Crippen LogP contribution in [0.2, 0.25) is 0 Å². The Morgan fingerprint density at radius 2 is 1.77 bits per heavy atom. The van der Waals surface area contributed by atoms with Crippen molar-refractivity contribution in [2.75, 3.05) is 0 Å². The normalized spacial score (nSPS) is 18.1. The SMILES string of the molecule is Cc1ccc(C)c(C(O)=C2C(=O)C(=O)N(Cc3cccnc3)[C@H]2c2cccnc2)c1. The average molecular weight is 399 g/mol. The maximum Gasteiger partial charge on any atom is 0.295 e. The predicted octanol–water partition coefficient (Wildman–Crippen LogP) is 3.72. The molecule has 0 spiro atoms. The summed E-state index contributed by atoms with van der Waals surface area (Å²) < 4.78 is 0. The highest BCUT2D eigenvalue weighted by atomic mass is 16.3. The lowest BCUT2D eigenvalue weighted by Gasteiger charge is -2.25. The number of Topliss-reactive ketones (excluding diaryl/α,β-unsaturated/α-hetero) is 1.